The van der Waals surface area contributed by atoms with Crippen LogP contribution in [0.1, 0.15) is 30.8 Å². The average molecular weight is 290 g/mol. The predicted octanol–water partition coefficient (Wildman–Crippen LogP) is 1.52. The quantitative estimate of drug-likeness (QED) is 0.831. The fourth-order valence-electron chi connectivity index (χ4n) is 2.02. The maximum atomic E-state index is 10.9. The molecule has 2 atom stereocenters. The topological polar surface area (TPSA) is 90.1 Å². The number of nitrogens with zero attached hydrogens (tertiary/aromatic N) is 4. The van der Waals surface area contributed by atoms with E-state index in [4.69, 9.17) is 9.84 Å². The number of benzene rings is 1. The van der Waals surface area contributed by atoms with Gasteiger partial charge in [0.25, 0.3) is 0 Å². The Bertz CT molecular complexity index is 585. The van der Waals surface area contributed by atoms with Crippen molar-refractivity contribution in [1.82, 2.24) is 20.2 Å². The molecule has 0 spiro atoms. The third kappa shape index (κ3) is 3.63. The minimum atomic E-state index is -0.823. The van der Waals surface area contributed by atoms with Gasteiger partial charge in [0, 0.05) is 13.7 Å². The highest BCUT2D eigenvalue weighted by Gasteiger charge is 2.21. The average Bonchev–Trinajstić information content (AvgIpc) is 2.95. The van der Waals surface area contributed by atoms with Gasteiger partial charge in [-0.1, -0.05) is 37.3 Å². The number of hydrogen-bond acceptors (Lipinski definition) is 5. The molecule has 0 aliphatic heterocycles. The van der Waals surface area contributed by atoms with E-state index in [1.54, 1.807) is 18.7 Å². The van der Waals surface area contributed by atoms with E-state index >= 15 is 0 Å². The fourth-order valence-corrected chi connectivity index (χ4v) is 2.02. The number of methoxy groups -OCH3 is 1. The van der Waals surface area contributed by atoms with Crippen LogP contribution in [0.5, 0.6) is 0 Å². The van der Waals surface area contributed by atoms with E-state index < -0.39 is 11.9 Å². The van der Waals surface area contributed by atoms with E-state index in [2.05, 4.69) is 15.5 Å². The van der Waals surface area contributed by atoms with Crippen LogP contribution in [0.25, 0.3) is 0 Å². The van der Waals surface area contributed by atoms with Crippen LogP contribution in [-0.4, -0.2) is 38.4 Å². The molecule has 1 aromatic carbocycles. The second kappa shape index (κ2) is 6.94. The molecule has 112 valence electrons. The summed E-state index contributed by atoms with van der Waals surface area (Å²) in [5.74, 6) is -0.697. The number of rotatable bonds is 7. The van der Waals surface area contributed by atoms with Gasteiger partial charge < -0.3 is 9.84 Å². The third-order valence-corrected chi connectivity index (χ3v) is 3.33. The molecular weight excluding hydrogens is 272 g/mol. The summed E-state index contributed by atoms with van der Waals surface area (Å²) in [6.45, 7) is 2.10. The summed E-state index contributed by atoms with van der Waals surface area (Å²) in [6.07, 6.45) is 0.0832. The minimum absolute atomic E-state index is 0.374. The Labute approximate surface area is 122 Å². The summed E-state index contributed by atoms with van der Waals surface area (Å²) in [5, 5.41) is 20.5. The van der Waals surface area contributed by atoms with Crippen LogP contribution in [0.4, 0.5) is 0 Å². The first-order valence-electron chi connectivity index (χ1n) is 6.70. The van der Waals surface area contributed by atoms with Gasteiger partial charge in [0.1, 0.15) is 6.10 Å². The maximum absolute atomic E-state index is 10.9. The SMILES string of the molecule is COC(c1ccccc1)c1nnnn1CCC(C)C(=O)O. The first-order valence-corrected chi connectivity index (χ1v) is 6.70. The Morgan fingerprint density at radius 3 is 2.71 bits per heavy atom. The molecule has 1 aromatic heterocycles. The smallest absolute Gasteiger partial charge is 0.306 e. The van der Waals surface area contributed by atoms with Crippen molar-refractivity contribution in [3.63, 3.8) is 0 Å². The molecule has 1 heterocycles. The summed E-state index contributed by atoms with van der Waals surface area (Å²) in [6, 6.07) is 9.64. The summed E-state index contributed by atoms with van der Waals surface area (Å²) in [5.41, 5.74) is 0.947. The highest BCUT2D eigenvalue weighted by molar-refractivity contribution is 5.69. The van der Waals surface area contributed by atoms with Crippen LogP contribution in [0.15, 0.2) is 30.3 Å². The fraction of sp³-hybridized carbons (Fsp3) is 0.429. The molecule has 0 radical (unpaired) electrons. The molecule has 0 aliphatic rings. The van der Waals surface area contributed by atoms with Gasteiger partial charge in [0.15, 0.2) is 5.82 Å². The standard InChI is InChI=1S/C14H18N4O3/c1-10(14(19)20)8-9-18-13(15-16-17-18)12(21-2)11-6-4-3-5-7-11/h3-7,10,12H,8-9H2,1-2H3,(H,19,20). The number of ether oxygens (including phenoxy) is 1. The van der Waals surface area contributed by atoms with Crippen molar-refractivity contribution in [3.05, 3.63) is 41.7 Å². The molecule has 1 N–H and O–H groups in total. The second-order valence-electron chi connectivity index (χ2n) is 4.81. The molecule has 0 bridgehead atoms. The van der Waals surface area contributed by atoms with Crippen LogP contribution < -0.4 is 0 Å². The first kappa shape index (κ1) is 15.1. The van der Waals surface area contributed by atoms with E-state index in [1.165, 1.54) is 0 Å². The number of aryl methyl sites for hydroxylation is 1. The van der Waals surface area contributed by atoms with Gasteiger partial charge in [0.2, 0.25) is 0 Å². The molecule has 0 saturated carbocycles. The molecule has 7 heteroatoms. The normalized spacial score (nSPS) is 13.8. The number of tetrazole rings is 1. The van der Waals surface area contributed by atoms with Crippen molar-refractivity contribution in [2.75, 3.05) is 7.11 Å². The number of carboxylic acid groups (broad SMARTS) is 1. The van der Waals surface area contributed by atoms with Crippen LogP contribution in [0.2, 0.25) is 0 Å². The Balaban J connectivity index is 2.16. The lowest BCUT2D eigenvalue weighted by molar-refractivity contribution is -0.141. The van der Waals surface area contributed by atoms with Gasteiger partial charge in [-0.3, -0.25) is 4.79 Å². The highest BCUT2D eigenvalue weighted by atomic mass is 16.5. The molecule has 2 unspecified atom stereocenters. The summed E-state index contributed by atoms with van der Waals surface area (Å²) < 4.78 is 7.09. The van der Waals surface area contributed by atoms with Crippen molar-refractivity contribution in [3.8, 4) is 0 Å². The zero-order chi connectivity index (χ0) is 15.2. The van der Waals surface area contributed by atoms with E-state index in [9.17, 15) is 4.79 Å². The van der Waals surface area contributed by atoms with Gasteiger partial charge >= 0.3 is 5.97 Å². The lowest BCUT2D eigenvalue weighted by Crippen LogP contribution is -2.17. The number of aromatic nitrogens is 4. The van der Waals surface area contributed by atoms with E-state index in [-0.39, 0.29) is 6.10 Å². The molecule has 21 heavy (non-hydrogen) atoms. The lowest BCUT2D eigenvalue weighted by Gasteiger charge is -2.15. The van der Waals surface area contributed by atoms with Gasteiger partial charge in [-0.25, -0.2) is 4.68 Å². The molecule has 0 aliphatic carbocycles. The van der Waals surface area contributed by atoms with Crippen molar-refractivity contribution < 1.29 is 14.6 Å². The molecule has 0 saturated heterocycles. The number of carboxylic acids is 1. The molecule has 2 aromatic rings. The Kier molecular flexibility index (Phi) is 4.99. The zero-order valence-electron chi connectivity index (χ0n) is 12.0. The predicted molar refractivity (Wildman–Crippen MR) is 74.5 cm³/mol. The minimum Gasteiger partial charge on any atom is -0.481 e. The maximum Gasteiger partial charge on any atom is 0.306 e. The summed E-state index contributed by atoms with van der Waals surface area (Å²) >= 11 is 0. The van der Waals surface area contributed by atoms with Crippen LogP contribution in [-0.2, 0) is 16.1 Å². The first-order chi connectivity index (χ1) is 10.1. The van der Waals surface area contributed by atoms with E-state index in [0.29, 0.717) is 18.8 Å². The van der Waals surface area contributed by atoms with Gasteiger partial charge in [-0.15, -0.1) is 5.10 Å². The monoisotopic (exact) mass is 290 g/mol. The Morgan fingerprint density at radius 2 is 2.10 bits per heavy atom. The van der Waals surface area contributed by atoms with E-state index in [0.717, 1.165) is 5.56 Å². The molecule has 0 fully saturated rings. The van der Waals surface area contributed by atoms with Crippen molar-refractivity contribution in [2.45, 2.75) is 26.0 Å². The van der Waals surface area contributed by atoms with Crippen molar-refractivity contribution >= 4 is 5.97 Å². The molecule has 2 rings (SSSR count). The molecule has 7 nitrogen and oxygen atoms in total. The van der Waals surface area contributed by atoms with Gasteiger partial charge in [-0.05, 0) is 22.4 Å². The third-order valence-electron chi connectivity index (χ3n) is 3.33. The zero-order valence-corrected chi connectivity index (χ0v) is 12.0. The molecular formula is C14H18N4O3. The lowest BCUT2D eigenvalue weighted by atomic mass is 10.1. The van der Waals surface area contributed by atoms with Crippen molar-refractivity contribution in [2.24, 2.45) is 5.92 Å². The van der Waals surface area contributed by atoms with Crippen molar-refractivity contribution in [1.29, 1.82) is 0 Å². The number of carbonyl (C=O) groups is 1. The molecule has 0 amide bonds. The van der Waals surface area contributed by atoms with Gasteiger partial charge in [0.05, 0.1) is 5.92 Å². The highest BCUT2D eigenvalue weighted by Crippen LogP contribution is 2.23. The largest absolute Gasteiger partial charge is 0.481 e. The van der Waals surface area contributed by atoms with Crippen LogP contribution >= 0.6 is 0 Å². The summed E-state index contributed by atoms with van der Waals surface area (Å²) in [4.78, 5) is 10.9. The summed E-state index contributed by atoms with van der Waals surface area (Å²) in [7, 11) is 1.59. The second-order valence-corrected chi connectivity index (χ2v) is 4.81. The van der Waals surface area contributed by atoms with E-state index in [1.807, 2.05) is 30.3 Å². The number of hydrogen-bond donors (Lipinski definition) is 1. The van der Waals surface area contributed by atoms with Crippen LogP contribution in [0, 0.1) is 5.92 Å². The van der Waals surface area contributed by atoms with Gasteiger partial charge in [-0.2, -0.15) is 0 Å². The van der Waals surface area contributed by atoms with Crippen LogP contribution in [0.3, 0.4) is 0 Å². The Hall–Kier alpha value is -2.28. The number of aliphatic carboxylic acids is 1. The Morgan fingerprint density at radius 1 is 1.38 bits per heavy atom.